The van der Waals surface area contributed by atoms with E-state index in [1.165, 1.54) is 0 Å². The molecule has 0 bridgehead atoms. The van der Waals surface area contributed by atoms with Gasteiger partial charge in [0.2, 0.25) is 0 Å². The molecule has 2 heterocycles. The zero-order valence-corrected chi connectivity index (χ0v) is 15.5. The maximum Gasteiger partial charge on any atom is 0.320 e. The molecule has 4 rings (SSSR count). The van der Waals surface area contributed by atoms with Gasteiger partial charge < -0.3 is 14.3 Å². The Balaban J connectivity index is 1.54. The highest BCUT2D eigenvalue weighted by Gasteiger charge is 2.37. The molecule has 0 saturated carbocycles. The van der Waals surface area contributed by atoms with Crippen molar-refractivity contribution in [3.05, 3.63) is 89.9 Å². The van der Waals surface area contributed by atoms with Gasteiger partial charge in [0.1, 0.15) is 24.2 Å². The van der Waals surface area contributed by atoms with Crippen LogP contribution in [0.3, 0.4) is 0 Å². The molecule has 5 nitrogen and oxygen atoms in total. The number of hydrogen-bond acceptors (Lipinski definition) is 4. The smallest absolute Gasteiger partial charge is 0.320 e. The third kappa shape index (κ3) is 3.94. The van der Waals surface area contributed by atoms with Gasteiger partial charge in [-0.05, 0) is 48.2 Å². The molecule has 1 aromatic heterocycles. The maximum atomic E-state index is 11.7. The summed E-state index contributed by atoms with van der Waals surface area (Å²) in [5, 5.41) is 9.61. The fraction of sp³-hybridized carbons (Fsp3) is 0.261. The summed E-state index contributed by atoms with van der Waals surface area (Å²) < 4.78 is 11.5. The molecule has 0 aliphatic carbocycles. The molecule has 28 heavy (non-hydrogen) atoms. The van der Waals surface area contributed by atoms with Crippen LogP contribution in [0.15, 0.2) is 77.4 Å². The second kappa shape index (κ2) is 8.31. The molecule has 1 aliphatic rings. The summed E-state index contributed by atoms with van der Waals surface area (Å²) in [6.07, 6.45) is 3.16. The van der Waals surface area contributed by atoms with Crippen molar-refractivity contribution in [2.75, 3.05) is 6.54 Å². The van der Waals surface area contributed by atoms with Gasteiger partial charge in [0, 0.05) is 6.54 Å². The van der Waals surface area contributed by atoms with Gasteiger partial charge in [-0.1, -0.05) is 42.5 Å². The molecular formula is C23H23NO4. The van der Waals surface area contributed by atoms with Crippen molar-refractivity contribution < 1.29 is 19.1 Å². The molecule has 0 amide bonds. The first-order chi connectivity index (χ1) is 13.7. The molecule has 2 aromatic carbocycles. The van der Waals surface area contributed by atoms with E-state index in [9.17, 15) is 9.90 Å². The molecule has 2 atom stereocenters. The van der Waals surface area contributed by atoms with Crippen LogP contribution in [0.1, 0.15) is 35.8 Å². The molecule has 2 unspecified atom stereocenters. The van der Waals surface area contributed by atoms with E-state index in [4.69, 9.17) is 9.15 Å². The van der Waals surface area contributed by atoms with E-state index in [0.29, 0.717) is 13.0 Å². The second-order valence-corrected chi connectivity index (χ2v) is 7.00. The van der Waals surface area contributed by atoms with Crippen molar-refractivity contribution in [1.82, 2.24) is 4.90 Å². The molecule has 5 heteroatoms. The molecule has 1 fully saturated rings. The molecular weight excluding hydrogens is 354 g/mol. The molecule has 0 radical (unpaired) electrons. The Hall–Kier alpha value is -3.05. The Bertz CT molecular complexity index is 890. The molecule has 3 aromatic rings. The number of carboxylic acid groups (broad SMARTS) is 1. The predicted molar refractivity (Wildman–Crippen MR) is 105 cm³/mol. The van der Waals surface area contributed by atoms with Crippen LogP contribution in [0.25, 0.3) is 0 Å². The predicted octanol–water partition coefficient (Wildman–Crippen LogP) is 4.50. The average Bonchev–Trinajstić information content (AvgIpc) is 3.41. The van der Waals surface area contributed by atoms with Crippen LogP contribution in [-0.2, 0) is 11.4 Å². The Kier molecular flexibility index (Phi) is 5.44. The quantitative estimate of drug-likeness (QED) is 0.657. The van der Waals surface area contributed by atoms with E-state index in [-0.39, 0.29) is 6.04 Å². The van der Waals surface area contributed by atoms with Gasteiger partial charge in [-0.25, -0.2) is 0 Å². The number of carbonyl (C=O) groups is 1. The van der Waals surface area contributed by atoms with Crippen LogP contribution in [0.4, 0.5) is 0 Å². The summed E-state index contributed by atoms with van der Waals surface area (Å²) in [6, 6.07) is 20.9. The highest BCUT2D eigenvalue weighted by Crippen LogP contribution is 2.35. The first kappa shape index (κ1) is 18.3. The van der Waals surface area contributed by atoms with Crippen LogP contribution in [0, 0.1) is 0 Å². The summed E-state index contributed by atoms with van der Waals surface area (Å²) in [5.41, 5.74) is 2.11. The Morgan fingerprint density at radius 2 is 1.89 bits per heavy atom. The summed E-state index contributed by atoms with van der Waals surface area (Å²) in [6.45, 7) is 1.24. The van der Waals surface area contributed by atoms with E-state index < -0.39 is 12.0 Å². The van der Waals surface area contributed by atoms with Crippen molar-refractivity contribution in [3.8, 4) is 5.75 Å². The fourth-order valence-electron chi connectivity index (χ4n) is 3.82. The largest absolute Gasteiger partial charge is 0.489 e. The number of ether oxygens (including phenoxy) is 1. The van der Waals surface area contributed by atoms with Gasteiger partial charge in [0.15, 0.2) is 0 Å². The molecule has 1 aliphatic heterocycles. The van der Waals surface area contributed by atoms with Crippen molar-refractivity contribution in [1.29, 1.82) is 0 Å². The van der Waals surface area contributed by atoms with Crippen molar-refractivity contribution >= 4 is 5.97 Å². The number of aliphatic carboxylic acids is 1. The van der Waals surface area contributed by atoms with Crippen LogP contribution >= 0.6 is 0 Å². The zero-order chi connectivity index (χ0) is 19.3. The SMILES string of the molecule is O=C(O)C1CCCN1C(c1ccc(OCc2ccccc2)cc1)c1ccco1. The monoisotopic (exact) mass is 377 g/mol. The molecule has 1 N–H and O–H groups in total. The van der Waals surface area contributed by atoms with Crippen LogP contribution in [0.5, 0.6) is 5.75 Å². The molecule has 144 valence electrons. The lowest BCUT2D eigenvalue weighted by atomic mass is 10.0. The van der Waals surface area contributed by atoms with E-state index in [2.05, 4.69) is 0 Å². The molecule has 0 spiro atoms. The summed E-state index contributed by atoms with van der Waals surface area (Å²) >= 11 is 0. The van der Waals surface area contributed by atoms with Gasteiger partial charge in [-0.2, -0.15) is 0 Å². The van der Waals surface area contributed by atoms with Crippen LogP contribution < -0.4 is 4.74 Å². The third-order valence-electron chi connectivity index (χ3n) is 5.17. The number of hydrogen-bond donors (Lipinski definition) is 1. The standard InChI is InChI=1S/C23H23NO4/c25-23(26)20-8-4-14-24(20)22(21-9-5-15-27-21)18-10-12-19(13-11-18)28-16-17-6-2-1-3-7-17/h1-3,5-7,9-13,15,20,22H,4,8,14,16H2,(H,25,26). The third-order valence-corrected chi connectivity index (χ3v) is 5.17. The number of carboxylic acids is 1. The van der Waals surface area contributed by atoms with Gasteiger partial charge in [-0.3, -0.25) is 9.69 Å². The topological polar surface area (TPSA) is 62.9 Å². The Morgan fingerprint density at radius 3 is 2.57 bits per heavy atom. The zero-order valence-electron chi connectivity index (χ0n) is 15.5. The van der Waals surface area contributed by atoms with Crippen molar-refractivity contribution in [3.63, 3.8) is 0 Å². The fourth-order valence-corrected chi connectivity index (χ4v) is 3.82. The number of benzene rings is 2. The molecule has 1 saturated heterocycles. The van der Waals surface area contributed by atoms with Gasteiger partial charge >= 0.3 is 5.97 Å². The lowest BCUT2D eigenvalue weighted by Gasteiger charge is -2.30. The lowest BCUT2D eigenvalue weighted by molar-refractivity contribution is -0.142. The number of rotatable bonds is 7. The maximum absolute atomic E-state index is 11.7. The van der Waals surface area contributed by atoms with Crippen LogP contribution in [-0.4, -0.2) is 28.6 Å². The Morgan fingerprint density at radius 1 is 1.11 bits per heavy atom. The minimum Gasteiger partial charge on any atom is -0.489 e. The highest BCUT2D eigenvalue weighted by atomic mass is 16.5. The van der Waals surface area contributed by atoms with Gasteiger partial charge in [0.05, 0.1) is 12.3 Å². The Labute approximate surface area is 164 Å². The van der Waals surface area contributed by atoms with E-state index in [0.717, 1.165) is 35.6 Å². The van der Waals surface area contributed by atoms with E-state index in [1.54, 1.807) is 6.26 Å². The van der Waals surface area contributed by atoms with Crippen LogP contribution in [0.2, 0.25) is 0 Å². The number of nitrogens with zero attached hydrogens (tertiary/aromatic N) is 1. The van der Waals surface area contributed by atoms with Gasteiger partial charge in [0.25, 0.3) is 0 Å². The van der Waals surface area contributed by atoms with E-state index >= 15 is 0 Å². The lowest BCUT2D eigenvalue weighted by Crippen LogP contribution is -2.39. The summed E-state index contributed by atoms with van der Waals surface area (Å²) in [7, 11) is 0. The number of likely N-dealkylation sites (tertiary alicyclic amines) is 1. The minimum absolute atomic E-state index is 0.221. The van der Waals surface area contributed by atoms with Crippen molar-refractivity contribution in [2.24, 2.45) is 0 Å². The first-order valence-corrected chi connectivity index (χ1v) is 9.51. The van der Waals surface area contributed by atoms with E-state index in [1.807, 2.05) is 71.6 Å². The first-order valence-electron chi connectivity index (χ1n) is 9.51. The summed E-state index contributed by atoms with van der Waals surface area (Å²) in [4.78, 5) is 13.7. The normalized spacial score (nSPS) is 18.1. The van der Waals surface area contributed by atoms with Crippen molar-refractivity contribution in [2.45, 2.75) is 31.5 Å². The number of furan rings is 1. The second-order valence-electron chi connectivity index (χ2n) is 7.00. The summed E-state index contributed by atoms with van der Waals surface area (Å²) in [5.74, 6) is 0.755. The minimum atomic E-state index is -0.781. The highest BCUT2D eigenvalue weighted by molar-refractivity contribution is 5.74. The average molecular weight is 377 g/mol. The van der Waals surface area contributed by atoms with Gasteiger partial charge in [-0.15, -0.1) is 0 Å².